The molecule has 1 fully saturated rings. The van der Waals surface area contributed by atoms with Gasteiger partial charge in [0.25, 0.3) is 0 Å². The fraction of sp³-hybridized carbons (Fsp3) is 0.882. The van der Waals surface area contributed by atoms with Gasteiger partial charge in [-0.2, -0.15) is 0 Å². The summed E-state index contributed by atoms with van der Waals surface area (Å²) in [7, 11) is 0. The van der Waals surface area contributed by atoms with Crippen molar-refractivity contribution in [1.29, 1.82) is 0 Å². The lowest BCUT2D eigenvalue weighted by atomic mass is 9.97. The average Bonchev–Trinajstić information content (AvgIpc) is 2.60. The molecule has 26 heavy (non-hydrogen) atoms. The molecule has 5 atom stereocenters. The van der Waals surface area contributed by atoms with Crippen LogP contribution in [0.2, 0.25) is 0 Å². The lowest BCUT2D eigenvalue weighted by molar-refractivity contribution is -0.270. The summed E-state index contributed by atoms with van der Waals surface area (Å²) in [5.41, 5.74) is 5.39. The van der Waals surface area contributed by atoms with E-state index in [0.29, 0.717) is 32.2 Å². The minimum absolute atomic E-state index is 0.197. The van der Waals surface area contributed by atoms with Crippen LogP contribution in [0, 0.1) is 0 Å². The van der Waals surface area contributed by atoms with Gasteiger partial charge in [0, 0.05) is 26.4 Å². The van der Waals surface area contributed by atoms with Gasteiger partial charge in [-0.3, -0.25) is 9.59 Å². The number of Topliss-reactive ketones (excluding diaryl/α,β-unsaturated/α-hetero) is 1. The molecule has 1 heterocycles. The zero-order chi connectivity index (χ0) is 19.5. The third-order valence-corrected chi connectivity index (χ3v) is 4.29. The van der Waals surface area contributed by atoms with Crippen molar-refractivity contribution in [2.45, 2.75) is 76.1 Å². The Labute approximate surface area is 153 Å². The lowest BCUT2D eigenvalue weighted by Gasteiger charge is -2.42. The minimum Gasteiger partial charge on any atom is -0.394 e. The summed E-state index contributed by atoms with van der Waals surface area (Å²) in [6.45, 7) is 1.65. The van der Waals surface area contributed by atoms with Crippen LogP contribution in [0.15, 0.2) is 0 Å². The first kappa shape index (κ1) is 22.9. The lowest BCUT2D eigenvalue weighted by Crippen LogP contribution is -2.64. The van der Waals surface area contributed by atoms with Crippen molar-refractivity contribution >= 4 is 11.7 Å². The number of rotatable bonds is 12. The molecular formula is C17H32N2O7. The molecule has 0 aromatic rings. The number of aliphatic hydroxyl groups is 3. The number of unbranched alkanes of at least 4 members (excludes halogenated alkanes) is 2. The van der Waals surface area contributed by atoms with Gasteiger partial charge in [0.15, 0.2) is 6.29 Å². The second kappa shape index (κ2) is 12.3. The summed E-state index contributed by atoms with van der Waals surface area (Å²) in [5.74, 6) is -0.202. The number of carbonyl (C=O) groups excluding carboxylic acids is 2. The van der Waals surface area contributed by atoms with Crippen molar-refractivity contribution < 1.29 is 34.4 Å². The maximum atomic E-state index is 11.7. The molecule has 1 rings (SSSR count). The molecule has 0 aromatic carbocycles. The summed E-state index contributed by atoms with van der Waals surface area (Å²) in [4.78, 5) is 23.0. The van der Waals surface area contributed by atoms with E-state index in [0.717, 1.165) is 12.8 Å². The van der Waals surface area contributed by atoms with Crippen molar-refractivity contribution in [2.24, 2.45) is 5.73 Å². The highest BCUT2D eigenvalue weighted by atomic mass is 16.7. The van der Waals surface area contributed by atoms with Crippen molar-refractivity contribution in [3.8, 4) is 0 Å². The van der Waals surface area contributed by atoms with Crippen LogP contribution in [0.4, 0.5) is 0 Å². The van der Waals surface area contributed by atoms with Gasteiger partial charge in [0.05, 0.1) is 6.61 Å². The quantitative estimate of drug-likeness (QED) is 0.267. The Morgan fingerprint density at radius 2 is 1.77 bits per heavy atom. The summed E-state index contributed by atoms with van der Waals surface area (Å²) >= 11 is 0. The molecule has 1 saturated heterocycles. The highest BCUT2D eigenvalue weighted by molar-refractivity contribution is 5.78. The average molecular weight is 376 g/mol. The highest BCUT2D eigenvalue weighted by Gasteiger charge is 2.45. The number of nitrogens with one attached hydrogen (secondary N) is 1. The fourth-order valence-corrected chi connectivity index (χ4v) is 2.83. The molecule has 1 amide bonds. The van der Waals surface area contributed by atoms with Crippen molar-refractivity contribution in [3.05, 3.63) is 0 Å². The molecule has 6 N–H and O–H groups in total. The van der Waals surface area contributed by atoms with Gasteiger partial charge in [-0.1, -0.05) is 0 Å². The molecule has 0 radical (unpaired) electrons. The third-order valence-electron chi connectivity index (χ3n) is 4.29. The van der Waals surface area contributed by atoms with Crippen LogP contribution in [0.1, 0.15) is 45.4 Å². The second-order valence-electron chi connectivity index (χ2n) is 6.55. The van der Waals surface area contributed by atoms with Gasteiger partial charge >= 0.3 is 0 Å². The Morgan fingerprint density at radius 3 is 2.35 bits per heavy atom. The number of ether oxygens (including phenoxy) is 2. The number of carbonyl (C=O) groups is 2. The zero-order valence-electron chi connectivity index (χ0n) is 15.3. The van der Waals surface area contributed by atoms with Crippen LogP contribution < -0.4 is 11.1 Å². The number of amides is 1. The number of ketones is 1. The summed E-state index contributed by atoms with van der Waals surface area (Å²) in [5, 5.41) is 31.8. The van der Waals surface area contributed by atoms with E-state index in [1.807, 2.05) is 0 Å². The molecule has 152 valence electrons. The van der Waals surface area contributed by atoms with Crippen LogP contribution in [-0.4, -0.2) is 77.4 Å². The molecule has 2 unspecified atom stereocenters. The van der Waals surface area contributed by atoms with Crippen LogP contribution in [0.25, 0.3) is 0 Å². The van der Waals surface area contributed by atoms with Crippen LogP contribution in [0.3, 0.4) is 0 Å². The van der Waals surface area contributed by atoms with E-state index in [1.54, 1.807) is 0 Å². The largest absolute Gasteiger partial charge is 0.394 e. The minimum atomic E-state index is -1.33. The maximum absolute atomic E-state index is 11.7. The summed E-state index contributed by atoms with van der Waals surface area (Å²) < 4.78 is 11.0. The van der Waals surface area contributed by atoms with Crippen molar-refractivity contribution in [3.63, 3.8) is 0 Å². The maximum Gasteiger partial charge on any atom is 0.217 e. The second-order valence-corrected chi connectivity index (χ2v) is 6.55. The first-order valence-corrected chi connectivity index (χ1v) is 9.13. The smallest absolute Gasteiger partial charge is 0.217 e. The third kappa shape index (κ3) is 7.65. The van der Waals surface area contributed by atoms with E-state index in [2.05, 4.69) is 5.32 Å². The van der Waals surface area contributed by atoms with E-state index < -0.39 is 43.2 Å². The molecule has 1 aliphatic rings. The van der Waals surface area contributed by atoms with Gasteiger partial charge in [-0.25, -0.2) is 0 Å². The molecular weight excluding hydrogens is 344 g/mol. The molecule has 9 heteroatoms. The zero-order valence-corrected chi connectivity index (χ0v) is 15.3. The molecule has 0 saturated carbocycles. The highest BCUT2D eigenvalue weighted by Crippen LogP contribution is 2.22. The number of nitrogens with two attached hydrogens (primary N) is 1. The molecule has 0 spiro atoms. The van der Waals surface area contributed by atoms with Crippen molar-refractivity contribution in [1.82, 2.24) is 5.32 Å². The molecule has 9 nitrogen and oxygen atoms in total. The van der Waals surface area contributed by atoms with Crippen LogP contribution >= 0.6 is 0 Å². The monoisotopic (exact) mass is 376 g/mol. The van der Waals surface area contributed by atoms with E-state index in [-0.39, 0.29) is 12.4 Å². The van der Waals surface area contributed by atoms with Crippen LogP contribution in [-0.2, 0) is 19.1 Å². The van der Waals surface area contributed by atoms with E-state index >= 15 is 0 Å². The Hall–Kier alpha value is -1.10. The predicted octanol–water partition coefficient (Wildman–Crippen LogP) is -1.18. The standard InChI is InChI=1S/C17H32N2O7/c1-11(21)19-14-16(24)15(23)13(10-20)26-17(14)25-9-5-3-7-12(22)6-2-4-8-18/h13-17,20,23-24H,2-10,18H2,1H3,(H,19,21)/t13?,14-,15+,16?,17+/m0/s1. The number of hydrogen-bond acceptors (Lipinski definition) is 8. The van der Waals surface area contributed by atoms with E-state index in [9.17, 15) is 24.9 Å². The summed E-state index contributed by atoms with van der Waals surface area (Å²) in [6, 6.07) is -0.941. The molecule has 1 aliphatic heterocycles. The summed E-state index contributed by atoms with van der Waals surface area (Å²) in [6.07, 6.45) is -0.709. The van der Waals surface area contributed by atoms with Gasteiger partial charge in [-0.15, -0.1) is 0 Å². The fourth-order valence-electron chi connectivity index (χ4n) is 2.83. The van der Waals surface area contributed by atoms with Gasteiger partial charge in [0.2, 0.25) is 5.91 Å². The van der Waals surface area contributed by atoms with Crippen molar-refractivity contribution in [2.75, 3.05) is 19.8 Å². The normalized spacial score (nSPS) is 28.7. The Balaban J connectivity index is 2.39. The number of aliphatic hydroxyl groups excluding tert-OH is 3. The predicted molar refractivity (Wildman–Crippen MR) is 93.1 cm³/mol. The number of hydrogen-bond donors (Lipinski definition) is 5. The van der Waals surface area contributed by atoms with E-state index in [4.69, 9.17) is 15.2 Å². The Morgan fingerprint density at radius 1 is 1.12 bits per heavy atom. The first-order valence-electron chi connectivity index (χ1n) is 9.13. The molecule has 0 aliphatic carbocycles. The van der Waals surface area contributed by atoms with Crippen LogP contribution in [0.5, 0.6) is 0 Å². The van der Waals surface area contributed by atoms with E-state index in [1.165, 1.54) is 6.92 Å². The van der Waals surface area contributed by atoms with Gasteiger partial charge in [-0.05, 0) is 32.2 Å². The SMILES string of the molecule is CC(=O)N[C@H]1C(O)[C@H](O)C(CO)O[C@H]1OCCCCC(=O)CCCCN. The van der Waals surface area contributed by atoms with Gasteiger partial charge < -0.3 is 35.8 Å². The Kier molecular flexibility index (Phi) is 10.9. The molecule has 0 aromatic heterocycles. The first-order chi connectivity index (χ1) is 12.4. The Bertz CT molecular complexity index is 435. The topological polar surface area (TPSA) is 151 Å². The molecule has 0 bridgehead atoms. The van der Waals surface area contributed by atoms with Gasteiger partial charge in [0.1, 0.15) is 30.1 Å².